The third-order valence-corrected chi connectivity index (χ3v) is 8.12. The highest BCUT2D eigenvalue weighted by molar-refractivity contribution is 5.68. The van der Waals surface area contributed by atoms with Crippen LogP contribution in [0, 0.1) is 0 Å². The molecule has 0 saturated carbocycles. The molecule has 3 aromatic carbocycles. The number of alkyl carbamates (subject to hydrolysis) is 1. The van der Waals surface area contributed by atoms with E-state index < -0.39 is 12.4 Å². The van der Waals surface area contributed by atoms with E-state index in [1.807, 2.05) is 36.4 Å². The van der Waals surface area contributed by atoms with Crippen LogP contribution in [0.1, 0.15) is 53.9 Å². The van der Waals surface area contributed by atoms with Gasteiger partial charge in [-0.3, -0.25) is 4.90 Å². The highest BCUT2D eigenvalue weighted by atomic mass is 16.7. The molecular formula is C35H42N2O6. The number of nitrogens with one attached hydrogen (secondary N) is 1. The van der Waals surface area contributed by atoms with E-state index in [0.29, 0.717) is 12.6 Å². The van der Waals surface area contributed by atoms with E-state index in [9.17, 15) is 9.90 Å². The molecule has 0 radical (unpaired) electrons. The molecule has 2 N–H and O–H groups in total. The van der Waals surface area contributed by atoms with Gasteiger partial charge in [-0.25, -0.2) is 4.79 Å². The van der Waals surface area contributed by atoms with Gasteiger partial charge in [0.2, 0.25) is 0 Å². The Bertz CT molecular complexity index is 1330. The lowest BCUT2D eigenvalue weighted by Gasteiger charge is -2.38. The van der Waals surface area contributed by atoms with Crippen molar-refractivity contribution in [2.45, 2.75) is 57.0 Å². The fourth-order valence-electron chi connectivity index (χ4n) is 5.86. The molecule has 0 bridgehead atoms. The van der Waals surface area contributed by atoms with Crippen molar-refractivity contribution in [2.24, 2.45) is 0 Å². The second-order valence-corrected chi connectivity index (χ2v) is 11.2. The lowest BCUT2D eigenvalue weighted by Crippen LogP contribution is -2.42. The summed E-state index contributed by atoms with van der Waals surface area (Å²) in [6.07, 6.45) is 3.51. The first kappa shape index (κ1) is 30.9. The molecule has 2 heterocycles. The monoisotopic (exact) mass is 586 g/mol. The molecule has 0 unspecified atom stereocenters. The van der Waals surface area contributed by atoms with Gasteiger partial charge in [0.15, 0.2) is 6.29 Å². The van der Waals surface area contributed by atoms with Gasteiger partial charge in [0.05, 0.1) is 25.4 Å². The molecule has 8 nitrogen and oxygen atoms in total. The second kappa shape index (κ2) is 15.3. The van der Waals surface area contributed by atoms with Crippen molar-refractivity contribution in [3.8, 4) is 11.1 Å². The maximum Gasteiger partial charge on any atom is 0.407 e. The minimum Gasteiger partial charge on any atom is -0.445 e. The molecule has 2 fully saturated rings. The molecular weight excluding hydrogens is 544 g/mol. The number of hydrogen-bond acceptors (Lipinski definition) is 7. The average Bonchev–Trinajstić information content (AvgIpc) is 3.49. The molecule has 5 rings (SSSR count). The van der Waals surface area contributed by atoms with Crippen LogP contribution in [0.3, 0.4) is 0 Å². The van der Waals surface area contributed by atoms with E-state index in [1.54, 1.807) is 7.11 Å². The molecule has 0 aliphatic carbocycles. The van der Waals surface area contributed by atoms with Gasteiger partial charge >= 0.3 is 6.09 Å². The Hall–Kier alpha value is -3.53. The zero-order chi connectivity index (χ0) is 30.0. The summed E-state index contributed by atoms with van der Waals surface area (Å²) in [5.41, 5.74) is 6.01. The van der Waals surface area contributed by atoms with Crippen molar-refractivity contribution in [1.29, 1.82) is 0 Å². The molecule has 2 aliphatic rings. The first-order chi connectivity index (χ1) is 21.1. The first-order valence-corrected chi connectivity index (χ1v) is 15.0. The largest absolute Gasteiger partial charge is 0.445 e. The van der Waals surface area contributed by atoms with Crippen LogP contribution < -0.4 is 5.32 Å². The van der Waals surface area contributed by atoms with Gasteiger partial charge in [-0.15, -0.1) is 0 Å². The maximum atomic E-state index is 11.8. The van der Waals surface area contributed by atoms with Crippen molar-refractivity contribution < 1.29 is 28.8 Å². The Balaban J connectivity index is 1.30. The number of benzene rings is 3. The van der Waals surface area contributed by atoms with Gasteiger partial charge in [-0.1, -0.05) is 79.4 Å². The summed E-state index contributed by atoms with van der Waals surface area (Å²) in [4.78, 5) is 14.3. The van der Waals surface area contributed by atoms with Crippen molar-refractivity contribution in [1.82, 2.24) is 10.2 Å². The number of rotatable bonds is 12. The quantitative estimate of drug-likeness (QED) is 0.255. The normalized spacial score (nSPS) is 22.3. The zero-order valence-corrected chi connectivity index (χ0v) is 24.8. The highest BCUT2D eigenvalue weighted by Crippen LogP contribution is 2.39. The molecule has 8 heteroatoms. The van der Waals surface area contributed by atoms with E-state index >= 15 is 0 Å². The summed E-state index contributed by atoms with van der Waals surface area (Å²) >= 11 is 0. The van der Waals surface area contributed by atoms with Crippen molar-refractivity contribution in [3.05, 3.63) is 108 Å². The fourth-order valence-corrected chi connectivity index (χ4v) is 5.86. The SMILES string of the molecule is C=CCOC(=O)NCc1cccc(-c2ccc([C@H]3O[C@@H](CN4CCC[C@H]4COC)C[C@@H](c4ccc(CO)cc4)O3)cc2)c1. The van der Waals surface area contributed by atoms with Crippen LogP contribution in [-0.2, 0) is 32.1 Å². The summed E-state index contributed by atoms with van der Waals surface area (Å²) < 4.78 is 23.6. The van der Waals surface area contributed by atoms with E-state index in [0.717, 1.165) is 65.9 Å². The Kier molecular flexibility index (Phi) is 11.0. The lowest BCUT2D eigenvalue weighted by molar-refractivity contribution is -0.253. The third kappa shape index (κ3) is 8.31. The van der Waals surface area contributed by atoms with E-state index in [-0.39, 0.29) is 25.4 Å². The van der Waals surface area contributed by atoms with Crippen LogP contribution in [-0.4, -0.2) is 61.7 Å². The number of methoxy groups -OCH3 is 1. The van der Waals surface area contributed by atoms with Crippen LogP contribution in [0.25, 0.3) is 11.1 Å². The first-order valence-electron chi connectivity index (χ1n) is 15.0. The molecule has 2 aliphatic heterocycles. The standard InChI is InChI=1S/C35H42N2O6/c1-3-18-41-35(39)36-21-26-6-4-7-30(19-26)27-13-15-29(16-14-27)34-42-32(22-37-17-5-8-31(37)24-40-2)20-33(43-34)28-11-9-25(23-38)10-12-28/h3-4,6-7,9-16,19,31-34,38H,1,5,8,17-18,20-24H2,2H3,(H,36,39)/t31-,32+,33-,34-/m0/s1. The highest BCUT2D eigenvalue weighted by Gasteiger charge is 2.35. The molecule has 43 heavy (non-hydrogen) atoms. The predicted molar refractivity (Wildman–Crippen MR) is 165 cm³/mol. The van der Waals surface area contributed by atoms with Crippen molar-refractivity contribution in [3.63, 3.8) is 0 Å². The number of aliphatic hydroxyl groups excluding tert-OH is 1. The van der Waals surface area contributed by atoms with Gasteiger partial charge in [-0.05, 0) is 53.3 Å². The minimum atomic E-state index is -0.504. The van der Waals surface area contributed by atoms with Crippen LogP contribution in [0.5, 0.6) is 0 Å². The van der Waals surface area contributed by atoms with Gasteiger partial charge < -0.3 is 29.4 Å². The number of likely N-dealkylation sites (tertiary alicyclic amines) is 1. The number of ether oxygens (including phenoxy) is 4. The van der Waals surface area contributed by atoms with Crippen LogP contribution in [0.2, 0.25) is 0 Å². The summed E-state index contributed by atoms with van der Waals surface area (Å²) in [5, 5.41) is 12.3. The number of amides is 1. The van der Waals surface area contributed by atoms with Crippen molar-refractivity contribution >= 4 is 6.09 Å². The molecule has 0 spiro atoms. The Morgan fingerprint density at radius 2 is 1.84 bits per heavy atom. The molecule has 1 amide bonds. The number of nitrogens with zero attached hydrogens (tertiary/aromatic N) is 1. The van der Waals surface area contributed by atoms with Crippen LogP contribution in [0.15, 0.2) is 85.5 Å². The van der Waals surface area contributed by atoms with Crippen LogP contribution in [0.4, 0.5) is 4.79 Å². The van der Waals surface area contributed by atoms with Crippen LogP contribution >= 0.6 is 0 Å². The maximum absolute atomic E-state index is 11.8. The Morgan fingerprint density at radius 1 is 1.05 bits per heavy atom. The number of aliphatic hydroxyl groups is 1. The van der Waals surface area contributed by atoms with Gasteiger partial charge in [0.1, 0.15) is 6.61 Å². The molecule has 4 atom stereocenters. The topological polar surface area (TPSA) is 89.5 Å². The predicted octanol–water partition coefficient (Wildman–Crippen LogP) is 5.91. The fraction of sp³-hybridized carbons (Fsp3) is 0.400. The lowest BCUT2D eigenvalue weighted by atomic mass is 9.99. The van der Waals surface area contributed by atoms with E-state index in [4.69, 9.17) is 18.9 Å². The average molecular weight is 587 g/mol. The number of carbonyl (C=O) groups is 1. The minimum absolute atomic E-state index is 0.000697. The summed E-state index contributed by atoms with van der Waals surface area (Å²) in [5.74, 6) is 0. The third-order valence-electron chi connectivity index (χ3n) is 8.12. The zero-order valence-electron chi connectivity index (χ0n) is 24.8. The van der Waals surface area contributed by atoms with Crippen molar-refractivity contribution in [2.75, 3.05) is 33.4 Å². The number of carbonyl (C=O) groups excluding carboxylic acids is 1. The second-order valence-electron chi connectivity index (χ2n) is 11.2. The molecule has 0 aromatic heterocycles. The van der Waals surface area contributed by atoms with Gasteiger partial charge in [0.25, 0.3) is 0 Å². The smallest absolute Gasteiger partial charge is 0.407 e. The number of hydrogen-bond donors (Lipinski definition) is 2. The molecule has 228 valence electrons. The Morgan fingerprint density at radius 3 is 2.58 bits per heavy atom. The van der Waals surface area contributed by atoms with Gasteiger partial charge in [0, 0.05) is 38.2 Å². The van der Waals surface area contributed by atoms with Gasteiger partial charge in [-0.2, -0.15) is 0 Å². The van der Waals surface area contributed by atoms with E-state index in [2.05, 4.69) is 53.2 Å². The Labute approximate surface area is 254 Å². The summed E-state index contributed by atoms with van der Waals surface area (Å²) in [6.45, 7) is 6.74. The molecule has 2 saturated heterocycles. The van der Waals surface area contributed by atoms with E-state index in [1.165, 1.54) is 12.5 Å². The molecule has 3 aromatic rings. The summed E-state index contributed by atoms with van der Waals surface area (Å²) in [6, 6.07) is 24.8. The summed E-state index contributed by atoms with van der Waals surface area (Å²) in [7, 11) is 1.77.